The molecule has 0 saturated heterocycles. The van der Waals surface area contributed by atoms with E-state index in [1.807, 2.05) is 6.07 Å². The molecule has 0 N–H and O–H groups in total. The average Bonchev–Trinajstić information content (AvgIpc) is 3.02. The van der Waals surface area contributed by atoms with Gasteiger partial charge >= 0.3 is 0 Å². The van der Waals surface area contributed by atoms with E-state index in [0.717, 1.165) is 36.7 Å². The molecule has 0 unspecified atom stereocenters. The standard InChI is InChI=1S/C12H16O3/c1-3-7-14-11-9(6-8-13-2)4-5-10-12(11)15-10/h4-5H,3,6-8H2,1-2H3. The number of rotatable bonds is 6. The van der Waals surface area contributed by atoms with Crippen molar-refractivity contribution in [1.82, 2.24) is 0 Å². The van der Waals surface area contributed by atoms with Crippen LogP contribution in [0.2, 0.25) is 0 Å². The number of hydrogen-bond acceptors (Lipinski definition) is 3. The molecule has 0 aromatic heterocycles. The van der Waals surface area contributed by atoms with Gasteiger partial charge in [0.25, 0.3) is 0 Å². The van der Waals surface area contributed by atoms with Crippen molar-refractivity contribution in [3.05, 3.63) is 17.7 Å². The SMILES string of the molecule is CCCOc1c(CCOC)ccc2c1O2. The second-order valence-corrected chi connectivity index (χ2v) is 3.57. The van der Waals surface area contributed by atoms with E-state index in [-0.39, 0.29) is 0 Å². The van der Waals surface area contributed by atoms with Gasteiger partial charge < -0.3 is 14.2 Å². The van der Waals surface area contributed by atoms with Crippen molar-refractivity contribution in [2.24, 2.45) is 0 Å². The molecule has 15 heavy (non-hydrogen) atoms. The van der Waals surface area contributed by atoms with Gasteiger partial charge in [0.2, 0.25) is 5.75 Å². The molecule has 0 aliphatic carbocycles. The van der Waals surface area contributed by atoms with E-state index in [1.165, 1.54) is 5.56 Å². The van der Waals surface area contributed by atoms with Crippen LogP contribution in [-0.2, 0) is 11.2 Å². The highest BCUT2D eigenvalue weighted by Gasteiger charge is 2.28. The van der Waals surface area contributed by atoms with Gasteiger partial charge in [0, 0.05) is 12.7 Å². The molecule has 1 aromatic carbocycles. The van der Waals surface area contributed by atoms with Crippen LogP contribution in [0.3, 0.4) is 0 Å². The van der Waals surface area contributed by atoms with Crippen LogP contribution in [0.5, 0.6) is 17.2 Å². The van der Waals surface area contributed by atoms with E-state index < -0.39 is 0 Å². The quantitative estimate of drug-likeness (QED) is 0.684. The van der Waals surface area contributed by atoms with Crippen molar-refractivity contribution in [3.8, 4) is 17.2 Å². The Morgan fingerprint density at radius 3 is 2.87 bits per heavy atom. The lowest BCUT2D eigenvalue weighted by molar-refractivity contribution is 0.200. The van der Waals surface area contributed by atoms with Gasteiger partial charge in [-0.05, 0) is 18.9 Å². The van der Waals surface area contributed by atoms with E-state index in [9.17, 15) is 0 Å². The second kappa shape index (κ2) is 4.53. The van der Waals surface area contributed by atoms with Crippen molar-refractivity contribution < 1.29 is 14.2 Å². The summed E-state index contributed by atoms with van der Waals surface area (Å²) in [4.78, 5) is 0. The van der Waals surface area contributed by atoms with Gasteiger partial charge in [0.15, 0.2) is 11.5 Å². The fourth-order valence-corrected chi connectivity index (χ4v) is 1.52. The summed E-state index contributed by atoms with van der Waals surface area (Å²) in [6.07, 6.45) is 1.87. The summed E-state index contributed by atoms with van der Waals surface area (Å²) in [5.74, 6) is 2.77. The molecule has 0 amide bonds. The normalized spacial score (nSPS) is 11.9. The largest absolute Gasteiger partial charge is 0.489 e. The fraction of sp³-hybridized carbons (Fsp3) is 0.500. The van der Waals surface area contributed by atoms with E-state index >= 15 is 0 Å². The zero-order chi connectivity index (χ0) is 10.7. The fourth-order valence-electron chi connectivity index (χ4n) is 1.52. The summed E-state index contributed by atoms with van der Waals surface area (Å²) in [5, 5.41) is 0. The summed E-state index contributed by atoms with van der Waals surface area (Å²) in [7, 11) is 1.71. The molecule has 0 spiro atoms. The molecule has 1 aromatic rings. The van der Waals surface area contributed by atoms with Crippen molar-refractivity contribution in [2.75, 3.05) is 20.3 Å². The highest BCUT2D eigenvalue weighted by molar-refractivity contribution is 5.66. The number of methoxy groups -OCH3 is 1. The zero-order valence-electron chi connectivity index (χ0n) is 9.21. The lowest BCUT2D eigenvalue weighted by atomic mass is 10.1. The first kappa shape index (κ1) is 10.3. The van der Waals surface area contributed by atoms with E-state index in [2.05, 4.69) is 13.0 Å². The second-order valence-electron chi connectivity index (χ2n) is 3.57. The Balaban J connectivity index is 2.11. The van der Waals surface area contributed by atoms with Crippen molar-refractivity contribution in [2.45, 2.75) is 19.8 Å². The maximum absolute atomic E-state index is 5.69. The Labute approximate surface area is 90.0 Å². The summed E-state index contributed by atoms with van der Waals surface area (Å²) in [6, 6.07) is 4.04. The summed E-state index contributed by atoms with van der Waals surface area (Å²) >= 11 is 0. The van der Waals surface area contributed by atoms with Gasteiger partial charge in [-0.1, -0.05) is 13.0 Å². The smallest absolute Gasteiger partial charge is 0.212 e. The van der Waals surface area contributed by atoms with Crippen LogP contribution < -0.4 is 9.47 Å². The van der Waals surface area contributed by atoms with Crippen LogP contribution in [-0.4, -0.2) is 20.3 Å². The molecule has 1 aliphatic rings. The predicted molar refractivity (Wildman–Crippen MR) is 57.9 cm³/mol. The molecule has 3 heteroatoms. The van der Waals surface area contributed by atoms with Crippen molar-refractivity contribution in [1.29, 1.82) is 0 Å². The summed E-state index contributed by atoms with van der Waals surface area (Å²) < 4.78 is 16.1. The van der Waals surface area contributed by atoms with E-state index in [1.54, 1.807) is 7.11 Å². The Bertz CT molecular complexity index is 347. The molecule has 82 valence electrons. The van der Waals surface area contributed by atoms with Crippen LogP contribution in [0.15, 0.2) is 12.1 Å². The van der Waals surface area contributed by atoms with Crippen LogP contribution >= 0.6 is 0 Å². The van der Waals surface area contributed by atoms with Crippen LogP contribution in [0.4, 0.5) is 0 Å². The minimum Gasteiger partial charge on any atom is -0.489 e. The Morgan fingerprint density at radius 1 is 1.27 bits per heavy atom. The highest BCUT2D eigenvalue weighted by Crippen LogP contribution is 2.54. The van der Waals surface area contributed by atoms with Crippen LogP contribution in [0, 0.1) is 0 Å². The van der Waals surface area contributed by atoms with Gasteiger partial charge in [0.05, 0.1) is 13.2 Å². The first-order chi connectivity index (χ1) is 7.36. The topological polar surface area (TPSA) is 31.0 Å². The third-order valence-corrected chi connectivity index (χ3v) is 2.35. The molecule has 0 radical (unpaired) electrons. The molecule has 0 atom stereocenters. The molecular weight excluding hydrogens is 192 g/mol. The lowest BCUT2D eigenvalue weighted by Crippen LogP contribution is -2.00. The number of fused-ring (bicyclic) bond motifs is 1. The van der Waals surface area contributed by atoms with Gasteiger partial charge in [0.1, 0.15) is 0 Å². The van der Waals surface area contributed by atoms with Crippen molar-refractivity contribution >= 4 is 0 Å². The molecule has 0 saturated carbocycles. The van der Waals surface area contributed by atoms with Crippen LogP contribution in [0.1, 0.15) is 18.9 Å². The highest BCUT2D eigenvalue weighted by atomic mass is 16.6. The molecule has 0 fully saturated rings. The zero-order valence-corrected chi connectivity index (χ0v) is 9.21. The third-order valence-electron chi connectivity index (χ3n) is 2.35. The van der Waals surface area contributed by atoms with E-state index in [4.69, 9.17) is 14.2 Å². The lowest BCUT2D eigenvalue weighted by Gasteiger charge is -2.07. The minimum absolute atomic E-state index is 0.710. The minimum atomic E-state index is 0.710. The molecular formula is C12H16O3. The van der Waals surface area contributed by atoms with Gasteiger partial charge in [-0.25, -0.2) is 0 Å². The molecule has 1 aliphatic heterocycles. The van der Waals surface area contributed by atoms with Gasteiger partial charge in [-0.2, -0.15) is 0 Å². The molecule has 2 rings (SSSR count). The maximum atomic E-state index is 5.69. The molecule has 0 bridgehead atoms. The number of ether oxygens (including phenoxy) is 3. The Hall–Kier alpha value is -1.22. The average molecular weight is 208 g/mol. The number of benzene rings is 1. The summed E-state index contributed by atoms with van der Waals surface area (Å²) in [6.45, 7) is 3.54. The van der Waals surface area contributed by atoms with Gasteiger partial charge in [-0.3, -0.25) is 0 Å². The van der Waals surface area contributed by atoms with Gasteiger partial charge in [-0.15, -0.1) is 0 Å². The Kier molecular flexibility index (Phi) is 3.11. The number of hydrogen-bond donors (Lipinski definition) is 0. The maximum Gasteiger partial charge on any atom is 0.212 e. The Morgan fingerprint density at radius 2 is 2.13 bits per heavy atom. The first-order valence-corrected chi connectivity index (χ1v) is 5.32. The summed E-state index contributed by atoms with van der Waals surface area (Å²) in [5.41, 5.74) is 1.17. The molecule has 1 heterocycles. The van der Waals surface area contributed by atoms with E-state index in [0.29, 0.717) is 6.61 Å². The first-order valence-electron chi connectivity index (χ1n) is 5.32. The molecule has 3 nitrogen and oxygen atoms in total. The van der Waals surface area contributed by atoms with Crippen molar-refractivity contribution in [3.63, 3.8) is 0 Å². The predicted octanol–water partition coefficient (Wildman–Crippen LogP) is 2.77. The third kappa shape index (κ3) is 2.23. The van der Waals surface area contributed by atoms with Crippen LogP contribution in [0.25, 0.3) is 0 Å². The monoisotopic (exact) mass is 208 g/mol.